The predicted octanol–water partition coefficient (Wildman–Crippen LogP) is 2.76. The third-order valence-electron chi connectivity index (χ3n) is 4.42. The molecule has 1 fully saturated rings. The number of amides is 2. The highest BCUT2D eigenvalue weighted by Crippen LogP contribution is 2.25. The molecular formula is C19H21FN2O3. The Morgan fingerprint density at radius 1 is 1.32 bits per heavy atom. The molecule has 0 bridgehead atoms. The summed E-state index contributed by atoms with van der Waals surface area (Å²) in [5, 5.41) is 2.90. The van der Waals surface area contributed by atoms with E-state index in [1.165, 1.54) is 6.07 Å². The Labute approximate surface area is 145 Å². The molecule has 0 spiro atoms. The largest absolute Gasteiger partial charge is 0.461 e. The number of carbonyl (C=O) groups is 2. The van der Waals surface area contributed by atoms with Gasteiger partial charge >= 0.3 is 0 Å². The highest BCUT2D eigenvalue weighted by molar-refractivity contribution is 5.80. The SMILES string of the molecule is CN1CCC(NC(=O)CCc2ccc(-c3ccccc3F)o2)CC1=O. The number of aryl methyl sites for hydroxylation is 1. The molecule has 2 amide bonds. The Bertz CT molecular complexity index is 772. The Morgan fingerprint density at radius 3 is 2.88 bits per heavy atom. The van der Waals surface area contributed by atoms with E-state index in [1.807, 2.05) is 0 Å². The maximum Gasteiger partial charge on any atom is 0.224 e. The van der Waals surface area contributed by atoms with E-state index in [-0.39, 0.29) is 30.1 Å². The van der Waals surface area contributed by atoms with Gasteiger partial charge in [-0.05, 0) is 30.7 Å². The molecule has 5 nitrogen and oxygen atoms in total. The van der Waals surface area contributed by atoms with E-state index in [2.05, 4.69) is 5.32 Å². The number of benzene rings is 1. The summed E-state index contributed by atoms with van der Waals surface area (Å²) in [6.45, 7) is 0.661. The van der Waals surface area contributed by atoms with Gasteiger partial charge in [-0.3, -0.25) is 9.59 Å². The average Bonchev–Trinajstić information content (AvgIpc) is 3.05. The third-order valence-corrected chi connectivity index (χ3v) is 4.42. The van der Waals surface area contributed by atoms with Crippen LogP contribution >= 0.6 is 0 Å². The van der Waals surface area contributed by atoms with Crippen LogP contribution in [-0.4, -0.2) is 36.3 Å². The molecule has 25 heavy (non-hydrogen) atoms. The van der Waals surface area contributed by atoms with Crippen LogP contribution in [0.4, 0.5) is 4.39 Å². The summed E-state index contributed by atoms with van der Waals surface area (Å²) in [5.74, 6) is 0.693. The Morgan fingerprint density at radius 2 is 2.12 bits per heavy atom. The minimum Gasteiger partial charge on any atom is -0.461 e. The van der Waals surface area contributed by atoms with Crippen LogP contribution in [0.3, 0.4) is 0 Å². The second-order valence-corrected chi connectivity index (χ2v) is 6.32. The van der Waals surface area contributed by atoms with Crippen LogP contribution < -0.4 is 5.32 Å². The molecule has 1 aliphatic rings. The second-order valence-electron chi connectivity index (χ2n) is 6.32. The minimum absolute atomic E-state index is 0.0529. The van der Waals surface area contributed by atoms with E-state index in [0.29, 0.717) is 36.5 Å². The summed E-state index contributed by atoms with van der Waals surface area (Å²) in [6.07, 6.45) is 1.82. The number of rotatable bonds is 5. The molecule has 3 rings (SSSR count). The van der Waals surface area contributed by atoms with Gasteiger partial charge in [0.05, 0.1) is 5.56 Å². The molecule has 0 radical (unpaired) electrons. The number of hydrogen-bond donors (Lipinski definition) is 1. The number of piperidine rings is 1. The van der Waals surface area contributed by atoms with Crippen molar-refractivity contribution in [2.24, 2.45) is 0 Å². The first-order valence-corrected chi connectivity index (χ1v) is 8.40. The zero-order valence-corrected chi connectivity index (χ0v) is 14.1. The van der Waals surface area contributed by atoms with Gasteiger partial charge in [0.1, 0.15) is 17.3 Å². The van der Waals surface area contributed by atoms with Crippen LogP contribution in [0, 0.1) is 5.82 Å². The van der Waals surface area contributed by atoms with Gasteiger partial charge in [-0.15, -0.1) is 0 Å². The van der Waals surface area contributed by atoms with Crippen LogP contribution in [0.2, 0.25) is 0 Å². The number of nitrogens with one attached hydrogen (secondary N) is 1. The number of nitrogens with zero attached hydrogens (tertiary/aromatic N) is 1. The van der Waals surface area contributed by atoms with Crippen LogP contribution in [0.1, 0.15) is 25.0 Å². The van der Waals surface area contributed by atoms with E-state index in [4.69, 9.17) is 4.42 Å². The maximum atomic E-state index is 13.8. The van der Waals surface area contributed by atoms with Crippen molar-refractivity contribution in [3.63, 3.8) is 0 Å². The lowest BCUT2D eigenvalue weighted by molar-refractivity contribution is -0.133. The fourth-order valence-corrected chi connectivity index (χ4v) is 2.92. The van der Waals surface area contributed by atoms with E-state index in [0.717, 1.165) is 6.42 Å². The van der Waals surface area contributed by atoms with Crippen LogP contribution in [-0.2, 0) is 16.0 Å². The zero-order valence-electron chi connectivity index (χ0n) is 14.1. The number of furan rings is 1. The molecule has 1 saturated heterocycles. The van der Waals surface area contributed by atoms with Gasteiger partial charge in [-0.2, -0.15) is 0 Å². The Hall–Kier alpha value is -2.63. The lowest BCUT2D eigenvalue weighted by Gasteiger charge is -2.29. The van der Waals surface area contributed by atoms with Gasteiger partial charge in [-0.1, -0.05) is 12.1 Å². The first-order valence-electron chi connectivity index (χ1n) is 8.40. The van der Waals surface area contributed by atoms with Gasteiger partial charge in [0.2, 0.25) is 11.8 Å². The summed E-state index contributed by atoms with van der Waals surface area (Å²) < 4.78 is 19.4. The maximum absolute atomic E-state index is 13.8. The number of hydrogen-bond acceptors (Lipinski definition) is 3. The molecule has 1 atom stereocenters. The van der Waals surface area contributed by atoms with Crippen molar-refractivity contribution < 1.29 is 18.4 Å². The molecule has 0 saturated carbocycles. The van der Waals surface area contributed by atoms with Gasteiger partial charge in [0, 0.05) is 38.9 Å². The lowest BCUT2D eigenvalue weighted by atomic mass is 10.0. The minimum atomic E-state index is -0.340. The molecule has 1 N–H and O–H groups in total. The molecular weight excluding hydrogens is 323 g/mol. The number of halogens is 1. The van der Waals surface area contributed by atoms with Crippen molar-refractivity contribution in [1.29, 1.82) is 0 Å². The molecule has 6 heteroatoms. The topological polar surface area (TPSA) is 62.6 Å². The highest BCUT2D eigenvalue weighted by Gasteiger charge is 2.24. The molecule has 132 valence electrons. The van der Waals surface area contributed by atoms with Crippen molar-refractivity contribution in [2.45, 2.75) is 31.7 Å². The zero-order chi connectivity index (χ0) is 17.8. The van der Waals surface area contributed by atoms with E-state index in [1.54, 1.807) is 42.3 Å². The predicted molar refractivity (Wildman–Crippen MR) is 91.2 cm³/mol. The summed E-state index contributed by atoms with van der Waals surface area (Å²) in [6, 6.07) is 9.78. The molecule has 2 heterocycles. The van der Waals surface area contributed by atoms with E-state index < -0.39 is 0 Å². The van der Waals surface area contributed by atoms with E-state index in [9.17, 15) is 14.0 Å². The van der Waals surface area contributed by atoms with Crippen LogP contribution in [0.25, 0.3) is 11.3 Å². The summed E-state index contributed by atoms with van der Waals surface area (Å²) in [4.78, 5) is 25.4. The highest BCUT2D eigenvalue weighted by atomic mass is 19.1. The van der Waals surface area contributed by atoms with Crippen molar-refractivity contribution in [2.75, 3.05) is 13.6 Å². The van der Waals surface area contributed by atoms with Gasteiger partial charge in [0.25, 0.3) is 0 Å². The van der Waals surface area contributed by atoms with E-state index >= 15 is 0 Å². The molecule has 1 aromatic carbocycles. The Kier molecular flexibility index (Phi) is 5.16. The van der Waals surface area contributed by atoms with Gasteiger partial charge in [-0.25, -0.2) is 4.39 Å². The third kappa shape index (κ3) is 4.26. The number of likely N-dealkylation sites (tertiary alicyclic amines) is 1. The average molecular weight is 344 g/mol. The monoisotopic (exact) mass is 344 g/mol. The normalized spacial score (nSPS) is 17.6. The summed E-state index contributed by atoms with van der Waals surface area (Å²) >= 11 is 0. The van der Waals surface area contributed by atoms with Crippen molar-refractivity contribution in [3.05, 3.63) is 48.0 Å². The first kappa shape index (κ1) is 17.2. The first-order chi connectivity index (χ1) is 12.0. The molecule has 1 aliphatic heterocycles. The standard InChI is InChI=1S/C19H21FN2O3/c1-22-11-10-13(12-19(22)24)21-18(23)9-7-14-6-8-17(25-14)15-4-2-3-5-16(15)20/h2-6,8,13H,7,9-12H2,1H3,(H,21,23). The summed E-state index contributed by atoms with van der Waals surface area (Å²) in [7, 11) is 1.77. The fraction of sp³-hybridized carbons (Fsp3) is 0.368. The fourth-order valence-electron chi connectivity index (χ4n) is 2.92. The molecule has 0 aliphatic carbocycles. The molecule has 1 aromatic heterocycles. The van der Waals surface area contributed by atoms with Crippen LogP contribution in [0.15, 0.2) is 40.8 Å². The van der Waals surface area contributed by atoms with Crippen LogP contribution in [0.5, 0.6) is 0 Å². The quantitative estimate of drug-likeness (QED) is 0.907. The molecule has 1 unspecified atom stereocenters. The van der Waals surface area contributed by atoms with Gasteiger partial charge < -0.3 is 14.6 Å². The number of carbonyl (C=O) groups excluding carboxylic acids is 2. The molecule has 2 aromatic rings. The van der Waals surface area contributed by atoms with Crippen molar-refractivity contribution in [3.8, 4) is 11.3 Å². The Balaban J connectivity index is 1.51. The van der Waals surface area contributed by atoms with Gasteiger partial charge in [0.15, 0.2) is 0 Å². The second kappa shape index (κ2) is 7.51. The lowest BCUT2D eigenvalue weighted by Crippen LogP contribution is -2.46. The van der Waals surface area contributed by atoms with Crippen molar-refractivity contribution in [1.82, 2.24) is 10.2 Å². The van der Waals surface area contributed by atoms with Crippen molar-refractivity contribution >= 4 is 11.8 Å². The smallest absolute Gasteiger partial charge is 0.224 e. The summed E-state index contributed by atoms with van der Waals surface area (Å²) in [5.41, 5.74) is 0.406.